The SMILES string of the molecule is Nc1ccsc1C(=O)NCc1cncs1. The van der Waals surface area contributed by atoms with E-state index in [9.17, 15) is 4.79 Å². The molecule has 0 aliphatic rings. The molecule has 3 N–H and O–H groups in total. The van der Waals surface area contributed by atoms with Crippen molar-refractivity contribution in [2.75, 3.05) is 5.73 Å². The van der Waals surface area contributed by atoms with Crippen molar-refractivity contribution in [2.45, 2.75) is 6.54 Å². The van der Waals surface area contributed by atoms with E-state index in [1.165, 1.54) is 22.7 Å². The molecule has 0 saturated heterocycles. The average molecular weight is 239 g/mol. The summed E-state index contributed by atoms with van der Waals surface area (Å²) in [7, 11) is 0. The number of hydrogen-bond acceptors (Lipinski definition) is 5. The van der Waals surface area contributed by atoms with Crippen molar-refractivity contribution in [1.82, 2.24) is 10.3 Å². The lowest BCUT2D eigenvalue weighted by Crippen LogP contribution is -2.22. The Labute approximate surface area is 94.8 Å². The lowest BCUT2D eigenvalue weighted by Gasteiger charge is -2.01. The fourth-order valence-electron chi connectivity index (χ4n) is 1.08. The van der Waals surface area contributed by atoms with Crippen LogP contribution in [-0.2, 0) is 6.54 Å². The van der Waals surface area contributed by atoms with Crippen molar-refractivity contribution in [3.63, 3.8) is 0 Å². The number of aromatic nitrogens is 1. The van der Waals surface area contributed by atoms with Gasteiger partial charge in [0, 0.05) is 11.1 Å². The van der Waals surface area contributed by atoms with E-state index in [4.69, 9.17) is 5.73 Å². The number of thiazole rings is 1. The molecular weight excluding hydrogens is 230 g/mol. The van der Waals surface area contributed by atoms with Crippen LogP contribution < -0.4 is 11.1 Å². The number of nitrogens with two attached hydrogens (primary N) is 1. The first-order chi connectivity index (χ1) is 7.27. The van der Waals surface area contributed by atoms with Crippen molar-refractivity contribution in [3.8, 4) is 0 Å². The molecule has 0 aliphatic heterocycles. The Morgan fingerprint density at radius 1 is 1.53 bits per heavy atom. The van der Waals surface area contributed by atoms with Crippen LogP contribution in [0.15, 0.2) is 23.2 Å². The summed E-state index contributed by atoms with van der Waals surface area (Å²) in [6.45, 7) is 0.501. The van der Waals surface area contributed by atoms with E-state index >= 15 is 0 Å². The molecule has 0 radical (unpaired) electrons. The number of carbonyl (C=O) groups is 1. The predicted octanol–water partition coefficient (Wildman–Crippen LogP) is 1.72. The van der Waals surface area contributed by atoms with Crippen molar-refractivity contribution >= 4 is 34.3 Å². The maximum absolute atomic E-state index is 11.6. The summed E-state index contributed by atoms with van der Waals surface area (Å²) in [5.41, 5.74) is 7.90. The van der Waals surface area contributed by atoms with Crippen molar-refractivity contribution in [3.05, 3.63) is 32.9 Å². The number of amides is 1. The Morgan fingerprint density at radius 3 is 3.00 bits per heavy atom. The summed E-state index contributed by atoms with van der Waals surface area (Å²) >= 11 is 2.86. The Bertz CT molecular complexity index is 450. The molecule has 2 rings (SSSR count). The summed E-state index contributed by atoms with van der Waals surface area (Å²) in [5, 5.41) is 4.59. The second kappa shape index (κ2) is 4.41. The summed E-state index contributed by atoms with van der Waals surface area (Å²) in [6, 6.07) is 1.73. The van der Waals surface area contributed by atoms with E-state index in [1.807, 2.05) is 0 Å². The maximum atomic E-state index is 11.6. The van der Waals surface area contributed by atoms with E-state index in [-0.39, 0.29) is 5.91 Å². The Balaban J connectivity index is 1.96. The minimum Gasteiger partial charge on any atom is -0.397 e. The lowest BCUT2D eigenvalue weighted by molar-refractivity contribution is 0.0956. The third-order valence-electron chi connectivity index (χ3n) is 1.81. The molecular formula is C9H9N3OS2. The van der Waals surface area contributed by atoms with Gasteiger partial charge in [-0.3, -0.25) is 9.78 Å². The molecule has 0 unspecified atom stereocenters. The van der Waals surface area contributed by atoms with Crippen molar-refractivity contribution in [2.24, 2.45) is 0 Å². The van der Waals surface area contributed by atoms with Gasteiger partial charge in [-0.25, -0.2) is 0 Å². The first kappa shape index (κ1) is 10.1. The van der Waals surface area contributed by atoms with E-state index in [0.717, 1.165) is 4.88 Å². The number of nitrogen functional groups attached to an aromatic ring is 1. The van der Waals surface area contributed by atoms with Gasteiger partial charge in [-0.2, -0.15) is 0 Å². The Kier molecular flexibility index (Phi) is 2.98. The fraction of sp³-hybridized carbons (Fsp3) is 0.111. The number of hydrogen-bond donors (Lipinski definition) is 2. The predicted molar refractivity (Wildman–Crippen MR) is 62.0 cm³/mol. The molecule has 2 aromatic rings. The second-order valence-corrected chi connectivity index (χ2v) is 4.74. The van der Waals surface area contributed by atoms with E-state index < -0.39 is 0 Å². The number of thiophene rings is 1. The van der Waals surface area contributed by atoms with Crippen LogP contribution in [0.4, 0.5) is 5.69 Å². The van der Waals surface area contributed by atoms with Gasteiger partial charge < -0.3 is 11.1 Å². The minimum absolute atomic E-state index is 0.129. The highest BCUT2D eigenvalue weighted by Crippen LogP contribution is 2.18. The number of anilines is 1. The first-order valence-corrected chi connectivity index (χ1v) is 6.02. The zero-order chi connectivity index (χ0) is 10.7. The molecule has 6 heteroatoms. The van der Waals surface area contributed by atoms with E-state index in [0.29, 0.717) is 17.1 Å². The van der Waals surface area contributed by atoms with Crippen molar-refractivity contribution < 1.29 is 4.79 Å². The molecule has 4 nitrogen and oxygen atoms in total. The van der Waals surface area contributed by atoms with Crippen LogP contribution in [0.3, 0.4) is 0 Å². The molecule has 2 heterocycles. The molecule has 78 valence electrons. The van der Waals surface area contributed by atoms with Gasteiger partial charge in [-0.1, -0.05) is 0 Å². The quantitative estimate of drug-likeness (QED) is 0.857. The molecule has 1 amide bonds. The van der Waals surface area contributed by atoms with E-state index in [2.05, 4.69) is 10.3 Å². The number of rotatable bonds is 3. The highest BCUT2D eigenvalue weighted by Gasteiger charge is 2.10. The third kappa shape index (κ3) is 2.34. The first-order valence-electron chi connectivity index (χ1n) is 4.26. The molecule has 0 fully saturated rings. The van der Waals surface area contributed by atoms with Crippen LogP contribution in [0.1, 0.15) is 14.5 Å². The standard InChI is InChI=1S/C9H9N3OS2/c10-7-1-2-14-8(7)9(13)12-4-6-3-11-5-15-6/h1-3,5H,4,10H2,(H,12,13). The van der Waals surface area contributed by atoms with Crippen LogP contribution >= 0.6 is 22.7 Å². The third-order valence-corrected chi connectivity index (χ3v) is 3.52. The number of nitrogens with zero attached hydrogens (tertiary/aromatic N) is 1. The molecule has 0 saturated carbocycles. The Hall–Kier alpha value is -1.40. The largest absolute Gasteiger partial charge is 0.397 e. The van der Waals surface area contributed by atoms with Gasteiger partial charge in [0.2, 0.25) is 0 Å². The smallest absolute Gasteiger partial charge is 0.263 e. The molecule has 0 aliphatic carbocycles. The average Bonchev–Trinajstić information content (AvgIpc) is 2.84. The molecule has 15 heavy (non-hydrogen) atoms. The van der Waals surface area contributed by atoms with Crippen LogP contribution in [0.5, 0.6) is 0 Å². The van der Waals surface area contributed by atoms with Gasteiger partial charge in [0.05, 0.1) is 17.7 Å². The zero-order valence-electron chi connectivity index (χ0n) is 7.77. The number of carbonyl (C=O) groups excluding carboxylic acids is 1. The highest BCUT2D eigenvalue weighted by molar-refractivity contribution is 7.12. The molecule has 0 atom stereocenters. The van der Waals surface area contributed by atoms with Crippen LogP contribution in [0, 0.1) is 0 Å². The highest BCUT2D eigenvalue weighted by atomic mass is 32.1. The normalized spacial score (nSPS) is 10.1. The van der Waals surface area contributed by atoms with Crippen LogP contribution in [0.2, 0.25) is 0 Å². The summed E-state index contributed by atoms with van der Waals surface area (Å²) in [4.78, 5) is 17.1. The maximum Gasteiger partial charge on any atom is 0.263 e. The van der Waals surface area contributed by atoms with Gasteiger partial charge in [0.1, 0.15) is 4.88 Å². The minimum atomic E-state index is -0.129. The van der Waals surface area contributed by atoms with Crippen LogP contribution in [-0.4, -0.2) is 10.9 Å². The van der Waals surface area contributed by atoms with Crippen LogP contribution in [0.25, 0.3) is 0 Å². The van der Waals surface area contributed by atoms with Gasteiger partial charge in [-0.05, 0) is 11.4 Å². The second-order valence-electron chi connectivity index (χ2n) is 2.86. The monoisotopic (exact) mass is 239 g/mol. The number of nitrogens with one attached hydrogen (secondary N) is 1. The molecule has 0 spiro atoms. The molecule has 0 aromatic carbocycles. The topological polar surface area (TPSA) is 68.0 Å². The fourth-order valence-corrected chi connectivity index (χ4v) is 2.35. The Morgan fingerprint density at radius 2 is 2.40 bits per heavy atom. The lowest BCUT2D eigenvalue weighted by atomic mass is 10.4. The summed E-state index contributed by atoms with van der Waals surface area (Å²) in [6.07, 6.45) is 1.74. The van der Waals surface area contributed by atoms with E-state index in [1.54, 1.807) is 23.2 Å². The van der Waals surface area contributed by atoms with Gasteiger partial charge in [0.15, 0.2) is 0 Å². The van der Waals surface area contributed by atoms with Crippen molar-refractivity contribution in [1.29, 1.82) is 0 Å². The van der Waals surface area contributed by atoms with Gasteiger partial charge >= 0.3 is 0 Å². The van der Waals surface area contributed by atoms with Gasteiger partial charge in [0.25, 0.3) is 5.91 Å². The summed E-state index contributed by atoms with van der Waals surface area (Å²) < 4.78 is 0. The zero-order valence-corrected chi connectivity index (χ0v) is 9.40. The molecule has 0 bridgehead atoms. The van der Waals surface area contributed by atoms with Gasteiger partial charge in [-0.15, -0.1) is 22.7 Å². The summed E-state index contributed by atoms with van der Waals surface area (Å²) in [5.74, 6) is -0.129. The molecule has 2 aromatic heterocycles.